The van der Waals surface area contributed by atoms with Gasteiger partial charge in [-0.3, -0.25) is 4.90 Å². The molecule has 1 atom stereocenters. The van der Waals surface area contributed by atoms with Gasteiger partial charge in [0.2, 0.25) is 0 Å². The van der Waals surface area contributed by atoms with E-state index in [0.717, 1.165) is 32.5 Å². The number of nitrogens with one attached hydrogen (secondary N) is 1. The molecule has 1 heterocycles. The first-order chi connectivity index (χ1) is 9.47. The molecule has 0 aromatic heterocycles. The molecule has 1 unspecified atom stereocenters. The van der Waals surface area contributed by atoms with Crippen molar-refractivity contribution in [3.63, 3.8) is 0 Å². The lowest BCUT2D eigenvalue weighted by molar-refractivity contribution is -0.180. The first kappa shape index (κ1) is 18.9. The van der Waals surface area contributed by atoms with Crippen molar-refractivity contribution < 1.29 is 9.84 Å². The summed E-state index contributed by atoms with van der Waals surface area (Å²) in [6.45, 7) is 18.2. The molecule has 1 fully saturated rings. The summed E-state index contributed by atoms with van der Waals surface area (Å²) in [5.74, 6) is 0. The van der Waals surface area contributed by atoms with Gasteiger partial charge < -0.3 is 15.2 Å². The third-order valence-corrected chi connectivity index (χ3v) is 3.95. The zero-order valence-corrected chi connectivity index (χ0v) is 15.1. The highest BCUT2D eigenvalue weighted by Crippen LogP contribution is 2.28. The molecule has 1 aliphatic rings. The average Bonchev–Trinajstić information content (AvgIpc) is 2.23. The summed E-state index contributed by atoms with van der Waals surface area (Å²) in [4.78, 5) is 2.50. The van der Waals surface area contributed by atoms with Gasteiger partial charge in [-0.15, -0.1) is 0 Å². The quantitative estimate of drug-likeness (QED) is 0.758. The minimum Gasteiger partial charge on any atom is -0.394 e. The molecule has 21 heavy (non-hydrogen) atoms. The SMILES string of the molecule is CC(C)NC(C)(CO)CCCN1CC(C)(C)OC(C)(C)C1. The van der Waals surface area contributed by atoms with E-state index in [-0.39, 0.29) is 23.3 Å². The molecule has 0 aromatic carbocycles. The van der Waals surface area contributed by atoms with Gasteiger partial charge in [0, 0.05) is 24.7 Å². The first-order valence-corrected chi connectivity index (χ1v) is 8.28. The van der Waals surface area contributed by atoms with Crippen LogP contribution in [0.4, 0.5) is 0 Å². The Kier molecular flexibility index (Phi) is 6.25. The average molecular weight is 300 g/mol. The molecule has 0 aromatic rings. The largest absolute Gasteiger partial charge is 0.394 e. The molecule has 1 rings (SSSR count). The normalized spacial score (nSPS) is 25.0. The van der Waals surface area contributed by atoms with Gasteiger partial charge in [0.15, 0.2) is 0 Å². The Labute approximate surface area is 131 Å². The van der Waals surface area contributed by atoms with Crippen molar-refractivity contribution in [1.82, 2.24) is 10.2 Å². The number of morpholine rings is 1. The van der Waals surface area contributed by atoms with Crippen molar-refractivity contribution >= 4 is 0 Å². The second-order valence-corrected chi connectivity index (χ2v) is 8.45. The predicted molar refractivity (Wildman–Crippen MR) is 88.7 cm³/mol. The third kappa shape index (κ3) is 6.64. The summed E-state index contributed by atoms with van der Waals surface area (Å²) in [5.41, 5.74) is -0.345. The van der Waals surface area contributed by atoms with E-state index in [1.807, 2.05) is 0 Å². The van der Waals surface area contributed by atoms with Crippen LogP contribution in [0.1, 0.15) is 61.3 Å². The highest BCUT2D eigenvalue weighted by atomic mass is 16.5. The van der Waals surface area contributed by atoms with Crippen LogP contribution in [-0.4, -0.2) is 59.0 Å². The number of hydrogen-bond acceptors (Lipinski definition) is 4. The van der Waals surface area contributed by atoms with E-state index in [2.05, 4.69) is 58.7 Å². The predicted octanol–water partition coefficient (Wildman–Crippen LogP) is 2.41. The topological polar surface area (TPSA) is 44.7 Å². The molecule has 0 saturated carbocycles. The van der Waals surface area contributed by atoms with E-state index in [0.29, 0.717) is 6.04 Å². The maximum absolute atomic E-state index is 9.64. The Balaban J connectivity index is 2.47. The smallest absolute Gasteiger partial charge is 0.0760 e. The molecule has 0 bridgehead atoms. The molecule has 2 N–H and O–H groups in total. The summed E-state index contributed by atoms with van der Waals surface area (Å²) in [7, 11) is 0. The van der Waals surface area contributed by atoms with Crippen molar-refractivity contribution in [3.8, 4) is 0 Å². The molecule has 0 radical (unpaired) electrons. The number of rotatable bonds is 7. The Morgan fingerprint density at radius 2 is 1.71 bits per heavy atom. The lowest BCUT2D eigenvalue weighted by Gasteiger charge is -2.47. The minimum absolute atomic E-state index is 0.0851. The maximum atomic E-state index is 9.64. The van der Waals surface area contributed by atoms with Crippen molar-refractivity contribution in [2.45, 2.75) is 84.1 Å². The van der Waals surface area contributed by atoms with E-state index < -0.39 is 0 Å². The van der Waals surface area contributed by atoms with Crippen LogP contribution in [-0.2, 0) is 4.74 Å². The van der Waals surface area contributed by atoms with Crippen LogP contribution in [0.3, 0.4) is 0 Å². The van der Waals surface area contributed by atoms with Gasteiger partial charge in [0.25, 0.3) is 0 Å². The molecule has 126 valence electrons. The van der Waals surface area contributed by atoms with Gasteiger partial charge in [0.05, 0.1) is 17.8 Å². The lowest BCUT2D eigenvalue weighted by atomic mass is 9.94. The number of ether oxygens (including phenoxy) is 1. The Morgan fingerprint density at radius 3 is 2.14 bits per heavy atom. The van der Waals surface area contributed by atoms with Crippen LogP contribution in [0.15, 0.2) is 0 Å². The van der Waals surface area contributed by atoms with E-state index >= 15 is 0 Å². The van der Waals surface area contributed by atoms with E-state index in [1.165, 1.54) is 0 Å². The minimum atomic E-state index is -0.175. The molecule has 0 aliphatic carbocycles. The standard InChI is InChI=1S/C17H36N2O2/c1-14(2)18-17(7,13-20)9-8-10-19-11-15(3,4)21-16(5,6)12-19/h14,18,20H,8-13H2,1-7H3. The molecule has 0 spiro atoms. The molecule has 0 amide bonds. The number of aliphatic hydroxyl groups is 1. The summed E-state index contributed by atoms with van der Waals surface area (Å²) in [5, 5.41) is 13.1. The third-order valence-electron chi connectivity index (χ3n) is 3.95. The Bertz CT molecular complexity index is 313. The molecule has 4 heteroatoms. The monoisotopic (exact) mass is 300 g/mol. The molecule has 1 aliphatic heterocycles. The van der Waals surface area contributed by atoms with Crippen LogP contribution in [0.5, 0.6) is 0 Å². The zero-order chi connectivity index (χ0) is 16.3. The summed E-state index contributed by atoms with van der Waals surface area (Å²) >= 11 is 0. The van der Waals surface area contributed by atoms with Crippen molar-refractivity contribution in [1.29, 1.82) is 0 Å². The van der Waals surface area contributed by atoms with Crippen molar-refractivity contribution in [3.05, 3.63) is 0 Å². The fourth-order valence-corrected chi connectivity index (χ4v) is 3.69. The Hall–Kier alpha value is -0.160. The molecular formula is C17H36N2O2. The lowest BCUT2D eigenvalue weighted by Crippen LogP contribution is -2.57. The number of aliphatic hydroxyl groups excluding tert-OH is 1. The molecule has 4 nitrogen and oxygen atoms in total. The summed E-state index contributed by atoms with van der Waals surface area (Å²) in [6.07, 6.45) is 2.07. The second kappa shape index (κ2) is 6.95. The van der Waals surface area contributed by atoms with Gasteiger partial charge in [0.1, 0.15) is 0 Å². The van der Waals surface area contributed by atoms with Crippen LogP contribution < -0.4 is 5.32 Å². The zero-order valence-electron chi connectivity index (χ0n) is 15.1. The summed E-state index contributed by atoms with van der Waals surface area (Å²) < 4.78 is 6.12. The van der Waals surface area contributed by atoms with Gasteiger partial charge in [-0.2, -0.15) is 0 Å². The van der Waals surface area contributed by atoms with Gasteiger partial charge in [-0.25, -0.2) is 0 Å². The van der Waals surface area contributed by atoms with Crippen molar-refractivity contribution in [2.24, 2.45) is 0 Å². The van der Waals surface area contributed by atoms with Crippen molar-refractivity contribution in [2.75, 3.05) is 26.2 Å². The Morgan fingerprint density at radius 1 is 1.19 bits per heavy atom. The maximum Gasteiger partial charge on any atom is 0.0760 e. The highest BCUT2D eigenvalue weighted by Gasteiger charge is 2.37. The van der Waals surface area contributed by atoms with E-state index in [4.69, 9.17) is 4.74 Å². The van der Waals surface area contributed by atoms with Crippen LogP contribution >= 0.6 is 0 Å². The molecule has 1 saturated heterocycles. The van der Waals surface area contributed by atoms with Crippen LogP contribution in [0.25, 0.3) is 0 Å². The highest BCUT2D eigenvalue weighted by molar-refractivity contribution is 4.90. The first-order valence-electron chi connectivity index (χ1n) is 8.28. The fraction of sp³-hybridized carbons (Fsp3) is 1.00. The fourth-order valence-electron chi connectivity index (χ4n) is 3.69. The van der Waals surface area contributed by atoms with Gasteiger partial charge >= 0.3 is 0 Å². The van der Waals surface area contributed by atoms with E-state index in [9.17, 15) is 5.11 Å². The molecular weight excluding hydrogens is 264 g/mol. The number of hydrogen-bond donors (Lipinski definition) is 2. The van der Waals surface area contributed by atoms with Gasteiger partial charge in [-0.05, 0) is 54.0 Å². The van der Waals surface area contributed by atoms with Crippen LogP contribution in [0, 0.1) is 0 Å². The van der Waals surface area contributed by atoms with Crippen LogP contribution in [0.2, 0.25) is 0 Å². The summed E-state index contributed by atoms with van der Waals surface area (Å²) in [6, 6.07) is 0.392. The number of nitrogens with zero attached hydrogens (tertiary/aromatic N) is 1. The second-order valence-electron chi connectivity index (χ2n) is 8.45. The van der Waals surface area contributed by atoms with E-state index in [1.54, 1.807) is 0 Å². The van der Waals surface area contributed by atoms with Gasteiger partial charge in [-0.1, -0.05) is 13.8 Å².